The van der Waals surface area contributed by atoms with Crippen LogP contribution in [0.3, 0.4) is 0 Å². The molecule has 0 saturated heterocycles. The van der Waals surface area contributed by atoms with Gasteiger partial charge in [-0.15, -0.1) is 0 Å². The van der Waals surface area contributed by atoms with Crippen molar-refractivity contribution in [3.63, 3.8) is 0 Å². The lowest BCUT2D eigenvalue weighted by molar-refractivity contribution is 0.593. The zero-order chi connectivity index (χ0) is 14.5. The van der Waals surface area contributed by atoms with E-state index in [2.05, 4.69) is 47.6 Å². The van der Waals surface area contributed by atoms with Gasteiger partial charge in [-0.2, -0.15) is 0 Å². The third kappa shape index (κ3) is 2.85. The smallest absolute Gasteiger partial charge is 0.159 e. The highest BCUT2D eigenvalue weighted by atomic mass is 32.1. The zero-order valence-corrected chi connectivity index (χ0v) is 13.4. The van der Waals surface area contributed by atoms with Crippen molar-refractivity contribution in [3.8, 4) is 0 Å². The summed E-state index contributed by atoms with van der Waals surface area (Å²) in [6, 6.07) is 6.30. The minimum atomic E-state index is 0.911. The van der Waals surface area contributed by atoms with Crippen molar-refractivity contribution < 1.29 is 0 Å². The van der Waals surface area contributed by atoms with Crippen LogP contribution < -0.4 is 5.01 Å². The Kier molecular flexibility index (Phi) is 5.12. The molecular weight excluding hydrogens is 266 g/mol. The van der Waals surface area contributed by atoms with Crippen molar-refractivity contribution in [2.75, 3.05) is 18.1 Å². The molecule has 0 saturated carbocycles. The fourth-order valence-electron chi connectivity index (χ4n) is 2.55. The van der Waals surface area contributed by atoms with Crippen LogP contribution in [0.25, 0.3) is 11.0 Å². The van der Waals surface area contributed by atoms with Gasteiger partial charge in [0.25, 0.3) is 0 Å². The Bertz CT molecular complexity index is 633. The van der Waals surface area contributed by atoms with Crippen molar-refractivity contribution in [2.45, 2.75) is 40.0 Å². The molecule has 2 aromatic heterocycles. The van der Waals surface area contributed by atoms with Gasteiger partial charge in [-0.1, -0.05) is 32.5 Å². The van der Waals surface area contributed by atoms with Gasteiger partial charge in [0.1, 0.15) is 4.64 Å². The maximum absolute atomic E-state index is 5.72. The Morgan fingerprint density at radius 2 is 2.05 bits per heavy atom. The van der Waals surface area contributed by atoms with Crippen LogP contribution in [0.15, 0.2) is 24.4 Å². The van der Waals surface area contributed by atoms with E-state index in [9.17, 15) is 0 Å². The summed E-state index contributed by atoms with van der Waals surface area (Å²) in [7, 11) is 0. The molecule has 0 fully saturated rings. The highest BCUT2D eigenvalue weighted by Gasteiger charge is 2.11. The highest BCUT2D eigenvalue weighted by molar-refractivity contribution is 7.71. The number of hydrogen-bond donors (Lipinski definition) is 0. The van der Waals surface area contributed by atoms with Crippen molar-refractivity contribution in [2.24, 2.45) is 0 Å². The Morgan fingerprint density at radius 3 is 2.70 bits per heavy atom. The largest absolute Gasteiger partial charge is 0.310 e. The second-order valence-electron chi connectivity index (χ2n) is 5.00. The molecule has 0 aliphatic heterocycles. The highest BCUT2D eigenvalue weighted by Crippen LogP contribution is 2.18. The molecule has 4 heteroatoms. The van der Waals surface area contributed by atoms with Crippen LogP contribution in [0.1, 0.15) is 39.2 Å². The van der Waals surface area contributed by atoms with Gasteiger partial charge < -0.3 is 5.01 Å². The maximum atomic E-state index is 5.72. The molecule has 0 aliphatic rings. The van der Waals surface area contributed by atoms with Gasteiger partial charge >= 0.3 is 0 Å². The van der Waals surface area contributed by atoms with Crippen molar-refractivity contribution >= 4 is 23.3 Å². The summed E-state index contributed by atoms with van der Waals surface area (Å²) in [6.07, 6.45) is 5.07. The van der Waals surface area contributed by atoms with E-state index in [0.29, 0.717) is 0 Å². The molecule has 2 heterocycles. The fourth-order valence-corrected chi connectivity index (χ4v) is 2.91. The van der Waals surface area contributed by atoms with Crippen LogP contribution in [0.2, 0.25) is 0 Å². The first kappa shape index (κ1) is 15.0. The van der Waals surface area contributed by atoms with E-state index < -0.39 is 0 Å². The molecule has 0 atom stereocenters. The van der Waals surface area contributed by atoms with Crippen molar-refractivity contribution in [1.29, 1.82) is 0 Å². The van der Waals surface area contributed by atoms with E-state index in [4.69, 9.17) is 12.2 Å². The van der Waals surface area contributed by atoms with Gasteiger partial charge in [-0.05, 0) is 43.5 Å². The maximum Gasteiger partial charge on any atom is 0.159 e. The molecule has 20 heavy (non-hydrogen) atoms. The molecular formula is C16H23N3S. The third-order valence-electron chi connectivity index (χ3n) is 3.46. The van der Waals surface area contributed by atoms with E-state index >= 15 is 0 Å². The first-order chi connectivity index (χ1) is 9.72. The topological polar surface area (TPSA) is 21.1 Å². The lowest BCUT2D eigenvalue weighted by atomic mass is 10.1. The first-order valence-corrected chi connectivity index (χ1v) is 7.88. The summed E-state index contributed by atoms with van der Waals surface area (Å²) in [6.45, 7) is 8.47. The quantitative estimate of drug-likeness (QED) is 0.748. The second kappa shape index (κ2) is 6.84. The molecule has 0 aliphatic carbocycles. The standard InChI is InChI=1S/C16H23N3S/c1-4-8-14-12-13-9-7-10-17-15(13)19(16(14)20)18(6-3)11-5-2/h7,9-10,12H,4-6,8,11H2,1-3H3. The SMILES string of the molecule is CCCc1cc2cccnc2n(N(CC)CCC)c1=S. The summed E-state index contributed by atoms with van der Waals surface area (Å²) >= 11 is 5.72. The normalized spacial score (nSPS) is 10.9. The number of rotatable bonds is 6. The average molecular weight is 289 g/mol. The summed E-state index contributed by atoms with van der Waals surface area (Å²) in [5, 5.41) is 3.45. The molecule has 0 amide bonds. The van der Waals surface area contributed by atoms with E-state index in [1.54, 1.807) is 0 Å². The molecule has 0 aromatic carbocycles. The predicted molar refractivity (Wildman–Crippen MR) is 88.5 cm³/mol. The van der Waals surface area contributed by atoms with Gasteiger partial charge in [0, 0.05) is 24.7 Å². The predicted octanol–water partition coefficient (Wildman–Crippen LogP) is 4.09. The van der Waals surface area contributed by atoms with Gasteiger partial charge in [0.05, 0.1) is 0 Å². The summed E-state index contributed by atoms with van der Waals surface area (Å²) in [5.41, 5.74) is 2.21. The molecule has 2 aromatic rings. The second-order valence-corrected chi connectivity index (χ2v) is 5.39. The van der Waals surface area contributed by atoms with Crippen LogP contribution in [0.4, 0.5) is 0 Å². The number of aromatic nitrogens is 2. The minimum absolute atomic E-state index is 0.911. The van der Waals surface area contributed by atoms with Crippen molar-refractivity contribution in [3.05, 3.63) is 34.6 Å². The third-order valence-corrected chi connectivity index (χ3v) is 3.90. The number of aryl methyl sites for hydroxylation is 1. The first-order valence-electron chi connectivity index (χ1n) is 7.47. The monoisotopic (exact) mass is 289 g/mol. The van der Waals surface area contributed by atoms with E-state index in [-0.39, 0.29) is 0 Å². The van der Waals surface area contributed by atoms with Gasteiger partial charge in [-0.25, -0.2) is 9.66 Å². The van der Waals surface area contributed by atoms with E-state index in [1.165, 1.54) is 10.9 Å². The molecule has 0 radical (unpaired) electrons. The molecule has 0 spiro atoms. The van der Waals surface area contributed by atoms with E-state index in [0.717, 1.165) is 42.6 Å². The number of fused-ring (bicyclic) bond motifs is 1. The summed E-state index contributed by atoms with van der Waals surface area (Å²) in [5.74, 6) is 0. The molecule has 3 nitrogen and oxygen atoms in total. The molecule has 0 N–H and O–H groups in total. The van der Waals surface area contributed by atoms with Gasteiger partial charge in [-0.3, -0.25) is 0 Å². The lowest BCUT2D eigenvalue weighted by Crippen LogP contribution is -2.36. The van der Waals surface area contributed by atoms with Gasteiger partial charge in [0.2, 0.25) is 0 Å². The van der Waals surface area contributed by atoms with Gasteiger partial charge in [0.15, 0.2) is 5.65 Å². The zero-order valence-electron chi connectivity index (χ0n) is 12.6. The number of nitrogens with zero attached hydrogens (tertiary/aromatic N) is 3. The molecule has 0 bridgehead atoms. The molecule has 2 rings (SSSR count). The lowest BCUT2D eigenvalue weighted by Gasteiger charge is -2.27. The van der Waals surface area contributed by atoms with Crippen LogP contribution in [0, 0.1) is 4.64 Å². The average Bonchev–Trinajstić information content (AvgIpc) is 2.47. The number of pyridine rings is 2. The Morgan fingerprint density at radius 1 is 1.25 bits per heavy atom. The molecule has 0 unspecified atom stereocenters. The number of hydrogen-bond acceptors (Lipinski definition) is 3. The Balaban J connectivity index is 2.70. The van der Waals surface area contributed by atoms with Crippen molar-refractivity contribution in [1.82, 2.24) is 9.66 Å². The minimum Gasteiger partial charge on any atom is -0.310 e. The Hall–Kier alpha value is -1.42. The van der Waals surface area contributed by atoms with Crippen LogP contribution in [0.5, 0.6) is 0 Å². The summed E-state index contributed by atoms with van der Waals surface area (Å²) < 4.78 is 3.05. The van der Waals surface area contributed by atoms with Crippen LogP contribution >= 0.6 is 12.2 Å². The van der Waals surface area contributed by atoms with Crippen LogP contribution in [-0.4, -0.2) is 22.7 Å². The molecule has 108 valence electrons. The van der Waals surface area contributed by atoms with E-state index in [1.807, 2.05) is 12.3 Å². The Labute approximate surface area is 126 Å². The van der Waals surface area contributed by atoms with Crippen LogP contribution in [-0.2, 0) is 6.42 Å². The summed E-state index contributed by atoms with van der Waals surface area (Å²) in [4.78, 5) is 4.55. The fraction of sp³-hybridized carbons (Fsp3) is 0.500.